The highest BCUT2D eigenvalue weighted by Crippen LogP contribution is 2.15. The minimum absolute atomic E-state index is 0.300. The van der Waals surface area contributed by atoms with E-state index in [2.05, 4.69) is 22.0 Å². The molecule has 0 radical (unpaired) electrons. The van der Waals surface area contributed by atoms with E-state index in [1.807, 2.05) is 12.1 Å². The van der Waals surface area contributed by atoms with Gasteiger partial charge in [0, 0.05) is 26.2 Å². The van der Waals surface area contributed by atoms with Gasteiger partial charge < -0.3 is 15.4 Å². The zero-order valence-electron chi connectivity index (χ0n) is 10.3. The number of ether oxygens (including phenoxy) is 1. The molecule has 1 aliphatic heterocycles. The zero-order valence-corrected chi connectivity index (χ0v) is 10.3. The first kappa shape index (κ1) is 12.3. The molecular weight excluding hydrogens is 216 g/mol. The Bertz CT molecular complexity index is 341. The fraction of sp³-hybridized carbons (Fsp3) is 0.667. The quantitative estimate of drug-likeness (QED) is 0.846. The summed E-state index contributed by atoms with van der Waals surface area (Å²) in [5.74, 6) is 0.922. The van der Waals surface area contributed by atoms with Gasteiger partial charge in [-0.3, -0.25) is 0 Å². The first-order valence-corrected chi connectivity index (χ1v) is 6.22. The van der Waals surface area contributed by atoms with Crippen molar-refractivity contribution in [2.75, 3.05) is 24.6 Å². The third kappa shape index (κ3) is 3.14. The van der Waals surface area contributed by atoms with Gasteiger partial charge >= 0.3 is 0 Å². The van der Waals surface area contributed by atoms with E-state index in [4.69, 9.17) is 10.5 Å². The Hall–Kier alpha value is -1.20. The van der Waals surface area contributed by atoms with Crippen molar-refractivity contribution >= 4 is 5.82 Å². The van der Waals surface area contributed by atoms with Gasteiger partial charge in [-0.15, -0.1) is 5.10 Å². The lowest BCUT2D eigenvalue weighted by atomic mass is 10.2. The van der Waals surface area contributed by atoms with Gasteiger partial charge in [-0.05, 0) is 25.0 Å². The van der Waals surface area contributed by atoms with Gasteiger partial charge in [-0.25, -0.2) is 0 Å². The lowest BCUT2D eigenvalue weighted by molar-refractivity contribution is 0.0664. The molecule has 0 aromatic carbocycles. The molecule has 17 heavy (non-hydrogen) atoms. The average molecular weight is 236 g/mol. The molecule has 1 saturated heterocycles. The van der Waals surface area contributed by atoms with Crippen LogP contribution in [0.2, 0.25) is 0 Å². The maximum absolute atomic E-state index is 5.74. The summed E-state index contributed by atoms with van der Waals surface area (Å²) >= 11 is 0. The first-order chi connectivity index (χ1) is 8.33. The fourth-order valence-corrected chi connectivity index (χ4v) is 1.98. The van der Waals surface area contributed by atoms with Crippen LogP contribution >= 0.6 is 0 Å². The molecule has 0 saturated carbocycles. The Morgan fingerprint density at radius 3 is 3.00 bits per heavy atom. The molecule has 2 rings (SSSR count). The van der Waals surface area contributed by atoms with Gasteiger partial charge in [0.2, 0.25) is 0 Å². The van der Waals surface area contributed by atoms with E-state index in [9.17, 15) is 0 Å². The summed E-state index contributed by atoms with van der Waals surface area (Å²) in [5, 5.41) is 8.32. The van der Waals surface area contributed by atoms with E-state index in [1.54, 1.807) is 0 Å². The molecule has 5 heteroatoms. The van der Waals surface area contributed by atoms with Crippen LogP contribution in [0.15, 0.2) is 12.1 Å². The summed E-state index contributed by atoms with van der Waals surface area (Å²) in [7, 11) is 0. The number of rotatable bonds is 3. The van der Waals surface area contributed by atoms with Crippen molar-refractivity contribution in [1.29, 1.82) is 0 Å². The third-order valence-electron chi connectivity index (χ3n) is 3.04. The van der Waals surface area contributed by atoms with Crippen molar-refractivity contribution in [2.24, 2.45) is 5.73 Å². The van der Waals surface area contributed by atoms with Gasteiger partial charge in [0.25, 0.3) is 0 Å². The van der Waals surface area contributed by atoms with Crippen molar-refractivity contribution in [3.8, 4) is 0 Å². The Kier molecular flexibility index (Phi) is 4.28. The second-order valence-corrected chi connectivity index (χ2v) is 4.29. The molecule has 0 spiro atoms. The summed E-state index contributed by atoms with van der Waals surface area (Å²) in [6, 6.07) is 3.93. The summed E-state index contributed by atoms with van der Waals surface area (Å²) in [6.07, 6.45) is 2.37. The Morgan fingerprint density at radius 2 is 2.35 bits per heavy atom. The molecular formula is C12H20N4O. The summed E-state index contributed by atoms with van der Waals surface area (Å²) < 4.78 is 5.74. The maximum Gasteiger partial charge on any atom is 0.151 e. The normalized spacial score (nSPS) is 21.3. The van der Waals surface area contributed by atoms with E-state index in [0.29, 0.717) is 12.6 Å². The topological polar surface area (TPSA) is 64.3 Å². The fourth-order valence-electron chi connectivity index (χ4n) is 1.98. The van der Waals surface area contributed by atoms with Crippen LogP contribution in [0.5, 0.6) is 0 Å². The zero-order chi connectivity index (χ0) is 12.1. The molecule has 1 aromatic heterocycles. The van der Waals surface area contributed by atoms with Crippen LogP contribution in [-0.2, 0) is 11.3 Å². The molecule has 0 amide bonds. The Labute approximate surface area is 102 Å². The molecule has 1 aliphatic rings. The van der Waals surface area contributed by atoms with Crippen molar-refractivity contribution in [3.05, 3.63) is 17.8 Å². The number of nitrogens with two attached hydrogens (primary N) is 1. The molecule has 2 N–H and O–H groups in total. The number of hydrogen-bond donors (Lipinski definition) is 1. The van der Waals surface area contributed by atoms with E-state index >= 15 is 0 Å². The van der Waals surface area contributed by atoms with Gasteiger partial charge in [0.05, 0.1) is 11.8 Å². The van der Waals surface area contributed by atoms with Gasteiger partial charge in [-0.2, -0.15) is 5.10 Å². The molecule has 1 fully saturated rings. The van der Waals surface area contributed by atoms with Crippen LogP contribution in [0.3, 0.4) is 0 Å². The number of hydrogen-bond acceptors (Lipinski definition) is 5. The van der Waals surface area contributed by atoms with Gasteiger partial charge in [0.15, 0.2) is 5.82 Å². The van der Waals surface area contributed by atoms with Crippen LogP contribution < -0.4 is 10.6 Å². The van der Waals surface area contributed by atoms with Crippen LogP contribution in [0, 0.1) is 0 Å². The van der Waals surface area contributed by atoms with Gasteiger partial charge in [0.1, 0.15) is 0 Å². The summed E-state index contributed by atoms with van der Waals surface area (Å²) in [6.45, 7) is 5.30. The minimum atomic E-state index is 0.300. The van der Waals surface area contributed by atoms with E-state index in [1.165, 1.54) is 0 Å². The van der Waals surface area contributed by atoms with Crippen LogP contribution in [0.1, 0.15) is 25.5 Å². The largest absolute Gasteiger partial charge is 0.376 e. The lowest BCUT2D eigenvalue weighted by Gasteiger charge is -2.23. The SMILES string of the molecule is CCC1CN(c2ccc(CN)nn2)CCCO1. The molecule has 0 bridgehead atoms. The van der Waals surface area contributed by atoms with Crippen molar-refractivity contribution in [3.63, 3.8) is 0 Å². The molecule has 94 valence electrons. The summed E-state index contributed by atoms with van der Waals surface area (Å²) in [5.41, 5.74) is 6.34. The predicted octanol–water partition coefficient (Wildman–Crippen LogP) is 0.941. The van der Waals surface area contributed by atoms with E-state index < -0.39 is 0 Å². The first-order valence-electron chi connectivity index (χ1n) is 6.22. The second-order valence-electron chi connectivity index (χ2n) is 4.29. The lowest BCUT2D eigenvalue weighted by Crippen LogP contribution is -2.32. The van der Waals surface area contributed by atoms with Crippen LogP contribution in [0.4, 0.5) is 5.82 Å². The standard InChI is InChI=1S/C12H20N4O/c1-2-11-9-16(6-3-7-17-11)12-5-4-10(8-13)14-15-12/h4-5,11H,2-3,6-9,13H2,1H3. The van der Waals surface area contributed by atoms with E-state index in [0.717, 1.165) is 44.0 Å². The average Bonchev–Trinajstić information content (AvgIpc) is 2.64. The Balaban J connectivity index is 2.08. The van der Waals surface area contributed by atoms with Crippen LogP contribution in [-0.4, -0.2) is 36.0 Å². The number of nitrogens with zero attached hydrogens (tertiary/aromatic N) is 3. The molecule has 1 atom stereocenters. The van der Waals surface area contributed by atoms with Crippen molar-refractivity contribution in [2.45, 2.75) is 32.4 Å². The van der Waals surface area contributed by atoms with Gasteiger partial charge in [-0.1, -0.05) is 6.92 Å². The van der Waals surface area contributed by atoms with Crippen LogP contribution in [0.25, 0.3) is 0 Å². The molecule has 1 aromatic rings. The highest BCUT2D eigenvalue weighted by atomic mass is 16.5. The molecule has 0 aliphatic carbocycles. The highest BCUT2D eigenvalue weighted by Gasteiger charge is 2.18. The van der Waals surface area contributed by atoms with Crippen molar-refractivity contribution < 1.29 is 4.74 Å². The summed E-state index contributed by atoms with van der Waals surface area (Å²) in [4.78, 5) is 2.24. The third-order valence-corrected chi connectivity index (χ3v) is 3.04. The second kappa shape index (κ2) is 5.93. The monoisotopic (exact) mass is 236 g/mol. The predicted molar refractivity (Wildman–Crippen MR) is 66.8 cm³/mol. The number of aromatic nitrogens is 2. The maximum atomic E-state index is 5.74. The number of anilines is 1. The van der Waals surface area contributed by atoms with Crippen molar-refractivity contribution in [1.82, 2.24) is 10.2 Å². The minimum Gasteiger partial charge on any atom is -0.376 e. The highest BCUT2D eigenvalue weighted by molar-refractivity contribution is 5.37. The molecule has 5 nitrogen and oxygen atoms in total. The smallest absolute Gasteiger partial charge is 0.151 e. The Morgan fingerprint density at radius 1 is 1.47 bits per heavy atom. The van der Waals surface area contributed by atoms with E-state index in [-0.39, 0.29) is 0 Å². The molecule has 1 unspecified atom stereocenters. The molecule has 2 heterocycles.